The van der Waals surface area contributed by atoms with E-state index >= 15 is 0 Å². The monoisotopic (exact) mass is 334 g/mol. The molecule has 1 aliphatic rings. The van der Waals surface area contributed by atoms with Crippen molar-refractivity contribution in [2.24, 2.45) is 0 Å². The molecule has 10 heteroatoms. The molecular weight excluding hydrogens is 320 g/mol. The molecule has 0 unspecified atom stereocenters. The molecule has 23 heavy (non-hydrogen) atoms. The van der Waals surface area contributed by atoms with E-state index in [-0.39, 0.29) is 11.7 Å². The fourth-order valence-corrected chi connectivity index (χ4v) is 3.24. The largest absolute Gasteiger partial charge is 0.361 e. The Morgan fingerprint density at radius 3 is 2.83 bits per heavy atom. The molecule has 120 valence electrons. The summed E-state index contributed by atoms with van der Waals surface area (Å²) in [5, 5.41) is 15.0. The van der Waals surface area contributed by atoms with Crippen molar-refractivity contribution in [1.29, 1.82) is 0 Å². The number of nitrogens with zero attached hydrogens (tertiary/aromatic N) is 5. The van der Waals surface area contributed by atoms with Crippen LogP contribution in [0.5, 0.6) is 0 Å². The highest BCUT2D eigenvalue weighted by Gasteiger charge is 2.28. The molecule has 0 saturated heterocycles. The van der Waals surface area contributed by atoms with Gasteiger partial charge in [0, 0.05) is 6.04 Å². The van der Waals surface area contributed by atoms with Crippen LogP contribution in [0.3, 0.4) is 0 Å². The highest BCUT2D eigenvalue weighted by atomic mass is 32.2. The predicted octanol–water partition coefficient (Wildman–Crippen LogP) is 1.85. The lowest BCUT2D eigenvalue weighted by molar-refractivity contribution is 0.392. The maximum atomic E-state index is 11.7. The number of rotatable bonds is 5. The molecule has 3 heterocycles. The van der Waals surface area contributed by atoms with Crippen molar-refractivity contribution in [2.75, 3.05) is 0 Å². The van der Waals surface area contributed by atoms with Gasteiger partial charge >= 0.3 is 5.69 Å². The third-order valence-electron chi connectivity index (χ3n) is 3.63. The second-order valence-electron chi connectivity index (χ2n) is 5.42. The van der Waals surface area contributed by atoms with Crippen LogP contribution in [0.25, 0.3) is 11.5 Å². The van der Waals surface area contributed by atoms with E-state index in [1.807, 2.05) is 6.92 Å². The second-order valence-corrected chi connectivity index (χ2v) is 6.36. The zero-order valence-electron chi connectivity index (χ0n) is 12.6. The summed E-state index contributed by atoms with van der Waals surface area (Å²) in [6, 6.07) is 0.270. The Balaban J connectivity index is 1.52. The fraction of sp³-hybridized carbons (Fsp3) is 0.462. The second kappa shape index (κ2) is 5.37. The molecule has 3 aromatic heterocycles. The summed E-state index contributed by atoms with van der Waals surface area (Å²) in [4.78, 5) is 16.1. The first kappa shape index (κ1) is 14.2. The number of aromatic nitrogens is 6. The minimum absolute atomic E-state index is 0.167. The number of aromatic amines is 1. The van der Waals surface area contributed by atoms with Crippen molar-refractivity contribution in [2.45, 2.75) is 43.6 Å². The lowest BCUT2D eigenvalue weighted by Crippen LogP contribution is -2.16. The highest BCUT2D eigenvalue weighted by molar-refractivity contribution is 7.98. The summed E-state index contributed by atoms with van der Waals surface area (Å²) < 4.78 is 12.1. The zero-order chi connectivity index (χ0) is 16.0. The van der Waals surface area contributed by atoms with Crippen molar-refractivity contribution in [3.05, 3.63) is 27.8 Å². The first-order chi connectivity index (χ1) is 11.1. The van der Waals surface area contributed by atoms with Gasteiger partial charge in [0.1, 0.15) is 11.3 Å². The molecule has 0 aromatic carbocycles. The summed E-state index contributed by atoms with van der Waals surface area (Å²) >= 11 is 1.40. The van der Waals surface area contributed by atoms with Gasteiger partial charge in [0.2, 0.25) is 0 Å². The average Bonchev–Trinajstić information content (AvgIpc) is 2.99. The Bertz CT molecular complexity index is 884. The van der Waals surface area contributed by atoms with Gasteiger partial charge in [-0.05, 0) is 26.7 Å². The van der Waals surface area contributed by atoms with Crippen LogP contribution in [0.15, 0.2) is 19.0 Å². The molecule has 0 atom stereocenters. The third-order valence-corrected chi connectivity index (χ3v) is 4.58. The van der Waals surface area contributed by atoms with Crippen LogP contribution in [-0.2, 0) is 5.75 Å². The highest BCUT2D eigenvalue weighted by Crippen LogP contribution is 2.36. The molecular formula is C13H14N6O3S. The third kappa shape index (κ3) is 2.58. The number of hydrogen-bond donors (Lipinski definition) is 1. The summed E-state index contributed by atoms with van der Waals surface area (Å²) in [6.45, 7) is 3.62. The lowest BCUT2D eigenvalue weighted by atomic mass is 10.2. The van der Waals surface area contributed by atoms with E-state index in [4.69, 9.17) is 9.05 Å². The van der Waals surface area contributed by atoms with Gasteiger partial charge in [-0.25, -0.2) is 9.89 Å². The molecule has 1 saturated carbocycles. The fourth-order valence-electron chi connectivity index (χ4n) is 2.38. The summed E-state index contributed by atoms with van der Waals surface area (Å²) in [7, 11) is 0. The average molecular weight is 334 g/mol. The zero-order valence-corrected chi connectivity index (χ0v) is 13.4. The maximum Gasteiger partial charge on any atom is 0.344 e. The first-order valence-electron chi connectivity index (χ1n) is 7.19. The van der Waals surface area contributed by atoms with E-state index in [0.717, 1.165) is 18.4 Å². The Labute approximate surface area is 134 Å². The lowest BCUT2D eigenvalue weighted by Gasteiger charge is -2.00. The Morgan fingerprint density at radius 1 is 1.30 bits per heavy atom. The van der Waals surface area contributed by atoms with Gasteiger partial charge in [0.25, 0.3) is 5.89 Å². The van der Waals surface area contributed by atoms with Crippen LogP contribution in [0, 0.1) is 13.8 Å². The van der Waals surface area contributed by atoms with E-state index in [2.05, 4.69) is 25.5 Å². The SMILES string of the molecule is Cc1noc(C)c1-c1nc(CSc2n[nH]c(=O)n2C2CC2)no1. The molecule has 1 N–H and O–H groups in total. The van der Waals surface area contributed by atoms with Crippen LogP contribution in [0.4, 0.5) is 0 Å². The van der Waals surface area contributed by atoms with E-state index < -0.39 is 0 Å². The standard InChI is InChI=1S/C13H14N6O3S/c1-6-10(7(2)21-17-6)11-14-9(18-22-11)5-23-13-16-15-12(20)19(13)8-3-4-8/h8H,3-5H2,1-2H3,(H,15,20). The Hall–Kier alpha value is -2.36. The van der Waals surface area contributed by atoms with Gasteiger partial charge in [-0.15, -0.1) is 5.10 Å². The molecule has 0 spiro atoms. The van der Waals surface area contributed by atoms with Crippen LogP contribution >= 0.6 is 11.8 Å². The van der Waals surface area contributed by atoms with Crippen molar-refractivity contribution < 1.29 is 9.05 Å². The first-order valence-corrected chi connectivity index (χ1v) is 8.17. The van der Waals surface area contributed by atoms with Crippen molar-refractivity contribution >= 4 is 11.8 Å². The number of nitrogens with one attached hydrogen (secondary N) is 1. The van der Waals surface area contributed by atoms with Gasteiger partial charge in [-0.1, -0.05) is 22.1 Å². The normalized spacial score (nSPS) is 14.5. The van der Waals surface area contributed by atoms with Crippen LogP contribution < -0.4 is 5.69 Å². The van der Waals surface area contributed by atoms with Crippen LogP contribution in [0.2, 0.25) is 0 Å². The molecule has 0 bridgehead atoms. The smallest absolute Gasteiger partial charge is 0.344 e. The van der Waals surface area contributed by atoms with E-state index in [1.54, 1.807) is 11.5 Å². The predicted molar refractivity (Wildman–Crippen MR) is 79.9 cm³/mol. The van der Waals surface area contributed by atoms with Crippen molar-refractivity contribution in [3.63, 3.8) is 0 Å². The topological polar surface area (TPSA) is 116 Å². The van der Waals surface area contributed by atoms with Crippen molar-refractivity contribution in [3.8, 4) is 11.5 Å². The van der Waals surface area contributed by atoms with Gasteiger partial charge in [0.15, 0.2) is 11.0 Å². The Kier molecular flexibility index (Phi) is 3.33. The summed E-state index contributed by atoms with van der Waals surface area (Å²) in [5.74, 6) is 2.02. The molecule has 3 aromatic rings. The number of hydrogen-bond acceptors (Lipinski definition) is 8. The van der Waals surface area contributed by atoms with E-state index in [1.165, 1.54) is 11.8 Å². The van der Waals surface area contributed by atoms with Crippen LogP contribution in [-0.4, -0.2) is 30.1 Å². The van der Waals surface area contributed by atoms with E-state index in [9.17, 15) is 4.79 Å². The number of H-pyrrole nitrogens is 1. The molecule has 0 radical (unpaired) electrons. The van der Waals surface area contributed by atoms with Gasteiger partial charge in [-0.2, -0.15) is 4.98 Å². The maximum absolute atomic E-state index is 11.7. The Morgan fingerprint density at radius 2 is 2.13 bits per heavy atom. The minimum Gasteiger partial charge on any atom is -0.361 e. The number of thioether (sulfide) groups is 1. The number of aryl methyl sites for hydroxylation is 2. The van der Waals surface area contributed by atoms with Crippen LogP contribution in [0.1, 0.15) is 36.2 Å². The molecule has 4 rings (SSSR count). The molecule has 9 nitrogen and oxygen atoms in total. The molecule has 1 aliphatic carbocycles. The van der Waals surface area contributed by atoms with Crippen molar-refractivity contribution in [1.82, 2.24) is 30.1 Å². The summed E-state index contributed by atoms with van der Waals surface area (Å²) in [6.07, 6.45) is 2.04. The molecule has 1 fully saturated rings. The van der Waals surface area contributed by atoms with Gasteiger partial charge < -0.3 is 9.05 Å². The molecule has 0 amide bonds. The van der Waals surface area contributed by atoms with E-state index in [0.29, 0.717) is 34.1 Å². The quantitative estimate of drug-likeness (QED) is 0.703. The molecule has 0 aliphatic heterocycles. The minimum atomic E-state index is -0.167. The summed E-state index contributed by atoms with van der Waals surface area (Å²) in [5.41, 5.74) is 1.27. The van der Waals surface area contributed by atoms with Gasteiger partial charge in [0.05, 0.1) is 11.4 Å². The van der Waals surface area contributed by atoms with Gasteiger partial charge in [-0.3, -0.25) is 4.57 Å².